The third kappa shape index (κ3) is 3.23. The van der Waals surface area contributed by atoms with Crippen molar-refractivity contribution in [2.45, 2.75) is 24.4 Å². The monoisotopic (exact) mass is 353 g/mol. The topological polar surface area (TPSA) is 46.8 Å². The van der Waals surface area contributed by atoms with Gasteiger partial charge in [0.2, 0.25) is 0 Å². The number of pyridine rings is 1. The Morgan fingerprint density at radius 2 is 1.92 bits per heavy atom. The molecule has 3 heterocycles. The predicted octanol–water partition coefficient (Wildman–Crippen LogP) is 3.54. The van der Waals surface area contributed by atoms with Crippen molar-refractivity contribution in [1.29, 1.82) is 0 Å². The van der Waals surface area contributed by atoms with Crippen LogP contribution in [0.15, 0.2) is 41.7 Å². The van der Waals surface area contributed by atoms with Gasteiger partial charge in [-0.15, -0.1) is 10.2 Å². The summed E-state index contributed by atoms with van der Waals surface area (Å²) in [5, 5.41) is 10.9. The molecule has 3 aromatic rings. The average molecular weight is 353 g/mol. The first-order chi connectivity index (χ1) is 12.3. The van der Waals surface area contributed by atoms with E-state index in [4.69, 9.17) is 0 Å². The number of hydrogen-bond donors (Lipinski definition) is 0. The molecular formula is C19H23N5S. The number of aromatic nitrogens is 4. The number of fused-ring (bicyclic) bond motifs is 1. The van der Waals surface area contributed by atoms with Crippen molar-refractivity contribution in [3.05, 3.63) is 42.4 Å². The van der Waals surface area contributed by atoms with E-state index in [0.29, 0.717) is 5.92 Å². The second-order valence-corrected chi connectivity index (χ2v) is 7.42. The van der Waals surface area contributed by atoms with E-state index < -0.39 is 0 Å². The summed E-state index contributed by atoms with van der Waals surface area (Å²) in [7, 11) is 2.07. The molecule has 0 radical (unpaired) electrons. The fourth-order valence-corrected chi connectivity index (χ4v) is 4.19. The van der Waals surface area contributed by atoms with Gasteiger partial charge in [0.05, 0.1) is 5.52 Å². The number of piperidine rings is 1. The number of anilines is 1. The maximum atomic E-state index is 4.48. The van der Waals surface area contributed by atoms with Gasteiger partial charge in [0.1, 0.15) is 5.82 Å². The van der Waals surface area contributed by atoms with Crippen molar-refractivity contribution in [2.24, 2.45) is 13.0 Å². The number of benzene rings is 1. The smallest absolute Gasteiger partial charge is 0.190 e. The Bertz CT molecular complexity index is 862. The Morgan fingerprint density at radius 1 is 1.12 bits per heavy atom. The van der Waals surface area contributed by atoms with Crippen LogP contribution < -0.4 is 4.90 Å². The molecule has 1 fully saturated rings. The molecule has 25 heavy (non-hydrogen) atoms. The summed E-state index contributed by atoms with van der Waals surface area (Å²) < 4.78 is 2.13. The molecule has 0 N–H and O–H groups in total. The van der Waals surface area contributed by atoms with Gasteiger partial charge in [0.15, 0.2) is 5.16 Å². The summed E-state index contributed by atoms with van der Waals surface area (Å²) in [5.74, 6) is 1.79. The molecule has 1 aliphatic rings. The second-order valence-electron chi connectivity index (χ2n) is 6.64. The van der Waals surface area contributed by atoms with Crippen molar-refractivity contribution >= 4 is 28.4 Å². The number of nitrogens with zero attached hydrogens (tertiary/aromatic N) is 5. The number of para-hydroxylation sites is 1. The SMILES string of the molecule is CSc1nnc(CC2CCN(c3ccnc4ccccc34)CC2)n1C. The van der Waals surface area contributed by atoms with E-state index in [1.165, 1.54) is 23.9 Å². The first kappa shape index (κ1) is 16.4. The van der Waals surface area contributed by atoms with Crippen LogP contribution in [0.3, 0.4) is 0 Å². The summed E-state index contributed by atoms with van der Waals surface area (Å²) >= 11 is 1.65. The van der Waals surface area contributed by atoms with Gasteiger partial charge in [-0.05, 0) is 37.1 Å². The van der Waals surface area contributed by atoms with Crippen LogP contribution >= 0.6 is 11.8 Å². The lowest BCUT2D eigenvalue weighted by Crippen LogP contribution is -2.34. The Balaban J connectivity index is 1.45. The molecular weight excluding hydrogens is 330 g/mol. The Kier molecular flexibility index (Phi) is 4.61. The van der Waals surface area contributed by atoms with Gasteiger partial charge in [-0.2, -0.15) is 0 Å². The van der Waals surface area contributed by atoms with E-state index in [0.717, 1.165) is 36.0 Å². The second kappa shape index (κ2) is 7.04. The van der Waals surface area contributed by atoms with Gasteiger partial charge in [-0.25, -0.2) is 0 Å². The highest BCUT2D eigenvalue weighted by Gasteiger charge is 2.23. The molecule has 0 unspecified atom stereocenters. The molecule has 5 nitrogen and oxygen atoms in total. The Morgan fingerprint density at radius 3 is 2.68 bits per heavy atom. The van der Waals surface area contributed by atoms with E-state index >= 15 is 0 Å². The normalized spacial score (nSPS) is 15.8. The van der Waals surface area contributed by atoms with Crippen LogP contribution in [0.2, 0.25) is 0 Å². The Labute approximate surface area is 152 Å². The summed E-state index contributed by atoms with van der Waals surface area (Å²) in [6, 6.07) is 10.6. The van der Waals surface area contributed by atoms with E-state index in [2.05, 4.69) is 62.0 Å². The maximum Gasteiger partial charge on any atom is 0.190 e. The third-order valence-corrected chi connectivity index (χ3v) is 5.88. The quantitative estimate of drug-likeness (QED) is 0.671. The maximum absolute atomic E-state index is 4.48. The number of rotatable bonds is 4. The third-order valence-electron chi connectivity index (χ3n) is 5.16. The molecule has 1 saturated heterocycles. The lowest BCUT2D eigenvalue weighted by Gasteiger charge is -2.34. The summed E-state index contributed by atoms with van der Waals surface area (Å²) in [4.78, 5) is 6.99. The fourth-order valence-electron chi connectivity index (χ4n) is 3.69. The highest BCUT2D eigenvalue weighted by atomic mass is 32.2. The summed E-state index contributed by atoms with van der Waals surface area (Å²) in [6.07, 6.45) is 7.38. The van der Waals surface area contributed by atoms with Gasteiger partial charge < -0.3 is 9.47 Å². The van der Waals surface area contributed by atoms with E-state index in [1.54, 1.807) is 11.8 Å². The zero-order valence-electron chi connectivity index (χ0n) is 14.7. The van der Waals surface area contributed by atoms with Crippen LogP contribution in [-0.2, 0) is 13.5 Å². The van der Waals surface area contributed by atoms with Crippen molar-refractivity contribution in [3.8, 4) is 0 Å². The molecule has 0 aliphatic carbocycles. The zero-order valence-corrected chi connectivity index (χ0v) is 15.5. The average Bonchev–Trinajstić information content (AvgIpc) is 3.01. The molecule has 2 aromatic heterocycles. The van der Waals surface area contributed by atoms with Crippen LogP contribution in [0.5, 0.6) is 0 Å². The molecule has 6 heteroatoms. The fraction of sp³-hybridized carbons (Fsp3) is 0.421. The molecule has 130 valence electrons. The lowest BCUT2D eigenvalue weighted by molar-refractivity contribution is 0.393. The van der Waals surface area contributed by atoms with E-state index in [1.807, 2.05) is 12.5 Å². The number of thioether (sulfide) groups is 1. The van der Waals surface area contributed by atoms with E-state index in [9.17, 15) is 0 Å². The standard InChI is InChI=1S/C19H23N5S/c1-23-18(21-22-19(23)25-2)13-14-8-11-24(12-9-14)17-7-10-20-16-6-4-3-5-15(16)17/h3-7,10,14H,8-9,11-13H2,1-2H3. The first-order valence-corrected chi connectivity index (χ1v) is 9.99. The minimum atomic E-state index is 0.682. The van der Waals surface area contributed by atoms with Crippen molar-refractivity contribution in [2.75, 3.05) is 24.2 Å². The minimum absolute atomic E-state index is 0.682. The number of hydrogen-bond acceptors (Lipinski definition) is 5. The van der Waals surface area contributed by atoms with Gasteiger partial charge in [0, 0.05) is 43.8 Å². The summed E-state index contributed by atoms with van der Waals surface area (Å²) in [6.45, 7) is 2.18. The van der Waals surface area contributed by atoms with Crippen molar-refractivity contribution in [3.63, 3.8) is 0 Å². The molecule has 0 atom stereocenters. The molecule has 1 aliphatic heterocycles. The lowest BCUT2D eigenvalue weighted by atomic mass is 9.92. The van der Waals surface area contributed by atoms with E-state index in [-0.39, 0.29) is 0 Å². The highest BCUT2D eigenvalue weighted by Crippen LogP contribution is 2.30. The zero-order chi connectivity index (χ0) is 17.2. The van der Waals surface area contributed by atoms with Gasteiger partial charge in [-0.3, -0.25) is 4.98 Å². The Hall–Kier alpha value is -2.08. The molecule has 0 spiro atoms. The van der Waals surface area contributed by atoms with Crippen molar-refractivity contribution < 1.29 is 0 Å². The van der Waals surface area contributed by atoms with Gasteiger partial charge in [0.25, 0.3) is 0 Å². The molecule has 4 rings (SSSR count). The van der Waals surface area contributed by atoms with Gasteiger partial charge in [-0.1, -0.05) is 30.0 Å². The predicted molar refractivity (Wildman–Crippen MR) is 103 cm³/mol. The molecule has 0 saturated carbocycles. The highest BCUT2D eigenvalue weighted by molar-refractivity contribution is 7.98. The summed E-state index contributed by atoms with van der Waals surface area (Å²) in [5.41, 5.74) is 2.39. The van der Waals surface area contributed by atoms with Crippen molar-refractivity contribution in [1.82, 2.24) is 19.7 Å². The van der Waals surface area contributed by atoms with Crippen LogP contribution in [0.25, 0.3) is 10.9 Å². The van der Waals surface area contributed by atoms with Crippen LogP contribution in [0, 0.1) is 5.92 Å². The van der Waals surface area contributed by atoms with Crippen LogP contribution in [0.4, 0.5) is 5.69 Å². The van der Waals surface area contributed by atoms with Gasteiger partial charge >= 0.3 is 0 Å². The molecule has 0 bridgehead atoms. The molecule has 1 aromatic carbocycles. The minimum Gasteiger partial charge on any atom is -0.371 e. The van der Waals surface area contributed by atoms with Crippen LogP contribution in [-0.4, -0.2) is 39.1 Å². The molecule has 0 amide bonds. The largest absolute Gasteiger partial charge is 0.371 e. The first-order valence-electron chi connectivity index (χ1n) is 8.77. The van der Waals surface area contributed by atoms with Crippen LogP contribution in [0.1, 0.15) is 18.7 Å².